The molecule has 30 heavy (non-hydrogen) atoms. The topological polar surface area (TPSA) is 90.5 Å². The Bertz CT molecular complexity index is 733. The molecule has 1 saturated heterocycles. The number of carbonyl (C=O) groups is 2. The molecular formula is C20H33ClN6O2S. The highest BCUT2D eigenvalue weighted by atomic mass is 35.5. The van der Waals surface area contributed by atoms with Gasteiger partial charge in [-0.2, -0.15) is 0 Å². The second kappa shape index (κ2) is 11.6. The number of thioether (sulfide) groups is 1. The van der Waals surface area contributed by atoms with Crippen LogP contribution in [0.2, 0.25) is 5.15 Å². The van der Waals surface area contributed by atoms with Crippen molar-refractivity contribution in [1.29, 1.82) is 0 Å². The fraction of sp³-hybridized carbons (Fsp3) is 0.700. The van der Waals surface area contributed by atoms with E-state index in [0.29, 0.717) is 48.2 Å². The van der Waals surface area contributed by atoms with Crippen LogP contribution in [0.3, 0.4) is 0 Å². The van der Waals surface area contributed by atoms with E-state index in [1.807, 2.05) is 25.7 Å². The number of hydrogen-bond donors (Lipinski definition) is 2. The van der Waals surface area contributed by atoms with E-state index in [0.717, 1.165) is 6.42 Å². The minimum atomic E-state index is -0.0439. The van der Waals surface area contributed by atoms with Crippen molar-refractivity contribution >= 4 is 41.1 Å². The minimum absolute atomic E-state index is 0.0362. The SMILES string of the molecule is CC(C)CCNC(=O)CSc1nc(Cl)cc(N2CCN(C(=O)NC(C)C)C(C)C2)n1. The van der Waals surface area contributed by atoms with Gasteiger partial charge in [0.15, 0.2) is 5.16 Å². The van der Waals surface area contributed by atoms with Crippen molar-refractivity contribution in [1.82, 2.24) is 25.5 Å². The first-order chi connectivity index (χ1) is 14.2. The van der Waals surface area contributed by atoms with Crippen molar-refractivity contribution in [3.05, 3.63) is 11.2 Å². The highest BCUT2D eigenvalue weighted by Crippen LogP contribution is 2.24. The first-order valence-electron chi connectivity index (χ1n) is 10.4. The number of hydrogen-bond acceptors (Lipinski definition) is 6. The molecule has 0 aliphatic carbocycles. The van der Waals surface area contributed by atoms with E-state index in [1.165, 1.54) is 11.8 Å². The summed E-state index contributed by atoms with van der Waals surface area (Å²) in [4.78, 5) is 37.1. The van der Waals surface area contributed by atoms with E-state index >= 15 is 0 Å². The van der Waals surface area contributed by atoms with E-state index in [4.69, 9.17) is 11.6 Å². The fourth-order valence-corrected chi connectivity index (χ4v) is 4.00. The number of nitrogens with zero attached hydrogens (tertiary/aromatic N) is 4. The Labute approximate surface area is 188 Å². The van der Waals surface area contributed by atoms with Crippen LogP contribution in [-0.4, -0.2) is 70.8 Å². The van der Waals surface area contributed by atoms with Crippen molar-refractivity contribution in [2.75, 3.05) is 36.8 Å². The largest absolute Gasteiger partial charge is 0.355 e. The first kappa shape index (κ1) is 24.5. The van der Waals surface area contributed by atoms with Gasteiger partial charge in [0.25, 0.3) is 0 Å². The average molecular weight is 457 g/mol. The third-order valence-corrected chi connectivity index (χ3v) is 5.70. The normalized spacial score (nSPS) is 16.9. The number of rotatable bonds is 8. The Morgan fingerprint density at radius 1 is 1.27 bits per heavy atom. The number of nitrogens with one attached hydrogen (secondary N) is 2. The molecule has 3 amide bonds. The van der Waals surface area contributed by atoms with E-state index in [-0.39, 0.29) is 29.8 Å². The quantitative estimate of drug-likeness (QED) is 0.355. The van der Waals surface area contributed by atoms with Crippen LogP contribution >= 0.6 is 23.4 Å². The van der Waals surface area contributed by atoms with Crippen LogP contribution in [-0.2, 0) is 4.79 Å². The maximum absolute atomic E-state index is 12.3. The lowest BCUT2D eigenvalue weighted by molar-refractivity contribution is -0.118. The summed E-state index contributed by atoms with van der Waals surface area (Å²) < 4.78 is 0. The molecule has 1 aromatic heterocycles. The maximum atomic E-state index is 12.3. The Morgan fingerprint density at radius 2 is 2.00 bits per heavy atom. The summed E-state index contributed by atoms with van der Waals surface area (Å²) in [6.07, 6.45) is 0.952. The lowest BCUT2D eigenvalue weighted by atomic mass is 10.1. The molecule has 1 aliphatic rings. The van der Waals surface area contributed by atoms with Crippen molar-refractivity contribution in [3.8, 4) is 0 Å². The maximum Gasteiger partial charge on any atom is 0.317 e. The number of amides is 3. The summed E-state index contributed by atoms with van der Waals surface area (Å²) in [5, 5.41) is 6.67. The predicted octanol–water partition coefficient (Wildman–Crippen LogP) is 3.01. The number of carbonyl (C=O) groups excluding carboxylic acids is 2. The molecule has 1 atom stereocenters. The zero-order valence-electron chi connectivity index (χ0n) is 18.4. The van der Waals surface area contributed by atoms with Crippen molar-refractivity contribution in [2.45, 2.75) is 58.3 Å². The number of halogens is 1. The Balaban J connectivity index is 1.93. The minimum Gasteiger partial charge on any atom is -0.355 e. The highest BCUT2D eigenvalue weighted by Gasteiger charge is 2.28. The van der Waals surface area contributed by atoms with Crippen LogP contribution in [0.5, 0.6) is 0 Å². The van der Waals surface area contributed by atoms with Gasteiger partial charge in [0.2, 0.25) is 5.91 Å². The second-order valence-electron chi connectivity index (χ2n) is 8.25. The zero-order chi connectivity index (χ0) is 22.3. The van der Waals surface area contributed by atoms with E-state index in [1.54, 1.807) is 6.07 Å². The molecule has 1 unspecified atom stereocenters. The molecule has 0 radical (unpaired) electrons. The lowest BCUT2D eigenvalue weighted by Crippen LogP contribution is -2.57. The molecule has 1 aliphatic heterocycles. The van der Waals surface area contributed by atoms with Gasteiger partial charge in [0, 0.05) is 44.3 Å². The van der Waals surface area contributed by atoms with Crippen LogP contribution in [0.15, 0.2) is 11.2 Å². The molecule has 0 aromatic carbocycles. The molecule has 2 N–H and O–H groups in total. The van der Waals surface area contributed by atoms with Gasteiger partial charge in [-0.25, -0.2) is 14.8 Å². The standard InChI is InChI=1S/C20H33ClN6O2S/c1-13(2)6-7-22-18(28)12-30-19-24-16(21)10-17(25-19)26-8-9-27(15(5)11-26)20(29)23-14(3)4/h10,13-15H,6-9,11-12H2,1-5H3,(H,22,28)(H,23,29). The predicted molar refractivity (Wildman–Crippen MR) is 122 cm³/mol. The van der Waals surface area contributed by atoms with E-state index in [2.05, 4.69) is 39.3 Å². The lowest BCUT2D eigenvalue weighted by Gasteiger charge is -2.40. The average Bonchev–Trinajstić information content (AvgIpc) is 2.65. The second-order valence-corrected chi connectivity index (χ2v) is 9.57. The molecule has 10 heteroatoms. The highest BCUT2D eigenvalue weighted by molar-refractivity contribution is 7.99. The van der Waals surface area contributed by atoms with Gasteiger partial charge in [-0.1, -0.05) is 37.2 Å². The van der Waals surface area contributed by atoms with Crippen molar-refractivity contribution in [3.63, 3.8) is 0 Å². The molecule has 168 valence electrons. The van der Waals surface area contributed by atoms with Crippen LogP contribution < -0.4 is 15.5 Å². The van der Waals surface area contributed by atoms with Gasteiger partial charge >= 0.3 is 6.03 Å². The summed E-state index contributed by atoms with van der Waals surface area (Å²) in [6, 6.07) is 1.82. The van der Waals surface area contributed by atoms with Gasteiger partial charge in [-0.15, -0.1) is 0 Å². The molecule has 0 spiro atoms. The summed E-state index contributed by atoms with van der Waals surface area (Å²) in [6.45, 7) is 12.7. The zero-order valence-corrected chi connectivity index (χ0v) is 20.0. The molecule has 2 rings (SSSR count). The van der Waals surface area contributed by atoms with Crippen LogP contribution in [0, 0.1) is 5.92 Å². The number of piperazine rings is 1. The smallest absolute Gasteiger partial charge is 0.317 e. The third kappa shape index (κ3) is 7.83. The van der Waals surface area contributed by atoms with E-state index < -0.39 is 0 Å². The molecule has 2 heterocycles. The van der Waals surface area contributed by atoms with Crippen LogP contribution in [0.4, 0.5) is 10.6 Å². The van der Waals surface area contributed by atoms with Gasteiger partial charge in [0.05, 0.1) is 5.75 Å². The summed E-state index contributed by atoms with van der Waals surface area (Å²) >= 11 is 7.48. The molecule has 1 aromatic rings. The molecule has 0 saturated carbocycles. The number of urea groups is 1. The van der Waals surface area contributed by atoms with Crippen molar-refractivity contribution < 1.29 is 9.59 Å². The Hall–Kier alpha value is -1.74. The van der Waals surface area contributed by atoms with Crippen molar-refractivity contribution in [2.24, 2.45) is 5.92 Å². The number of aromatic nitrogens is 2. The van der Waals surface area contributed by atoms with Gasteiger partial charge in [-0.3, -0.25) is 4.79 Å². The first-order valence-corrected chi connectivity index (χ1v) is 11.8. The van der Waals surface area contributed by atoms with E-state index in [9.17, 15) is 9.59 Å². The summed E-state index contributed by atoms with van der Waals surface area (Å²) in [5.41, 5.74) is 0. The fourth-order valence-electron chi connectivity index (χ4n) is 3.09. The van der Waals surface area contributed by atoms with Gasteiger partial charge < -0.3 is 20.4 Å². The van der Waals surface area contributed by atoms with Gasteiger partial charge in [0.1, 0.15) is 11.0 Å². The Morgan fingerprint density at radius 3 is 2.63 bits per heavy atom. The van der Waals surface area contributed by atoms with Crippen LogP contribution in [0.1, 0.15) is 41.0 Å². The van der Waals surface area contributed by atoms with Gasteiger partial charge in [-0.05, 0) is 33.1 Å². The monoisotopic (exact) mass is 456 g/mol. The molecule has 8 nitrogen and oxygen atoms in total. The molecular weight excluding hydrogens is 424 g/mol. The summed E-state index contributed by atoms with van der Waals surface area (Å²) in [7, 11) is 0. The Kier molecular flexibility index (Phi) is 9.48. The van der Waals surface area contributed by atoms with Crippen LogP contribution in [0.25, 0.3) is 0 Å². The molecule has 0 bridgehead atoms. The molecule has 1 fully saturated rings. The number of anilines is 1. The summed E-state index contributed by atoms with van der Waals surface area (Å²) in [5.74, 6) is 1.48. The third-order valence-electron chi connectivity index (χ3n) is 4.66.